The van der Waals surface area contributed by atoms with Crippen molar-refractivity contribution in [1.82, 2.24) is 10.3 Å². The molecule has 0 aliphatic carbocycles. The van der Waals surface area contributed by atoms with Crippen LogP contribution in [0.1, 0.15) is 39.0 Å². The Bertz CT molecular complexity index is 392. The minimum absolute atomic E-state index is 0.239. The fourth-order valence-electron chi connectivity index (χ4n) is 1.76. The monoisotopic (exact) mass is 280 g/mol. The predicted octanol–water partition coefficient (Wildman–Crippen LogP) is 2.94. The number of nitrogens with zero attached hydrogens (tertiary/aromatic N) is 1. The van der Waals surface area contributed by atoms with Crippen molar-refractivity contribution >= 4 is 0 Å². The van der Waals surface area contributed by atoms with Crippen molar-refractivity contribution in [3.05, 3.63) is 23.4 Å². The van der Waals surface area contributed by atoms with E-state index in [4.69, 9.17) is 9.47 Å². The molecule has 0 aliphatic rings. The molecule has 0 unspecified atom stereocenters. The van der Waals surface area contributed by atoms with Crippen LogP contribution in [0.25, 0.3) is 0 Å². The molecule has 1 N–H and O–H groups in total. The minimum atomic E-state index is 0.239. The Morgan fingerprint density at radius 2 is 1.90 bits per heavy atom. The van der Waals surface area contributed by atoms with Gasteiger partial charge in [-0.3, -0.25) is 0 Å². The smallest absolute Gasteiger partial charge is 0.213 e. The van der Waals surface area contributed by atoms with Gasteiger partial charge in [0.1, 0.15) is 6.61 Å². The quantitative estimate of drug-likeness (QED) is 0.706. The van der Waals surface area contributed by atoms with Crippen molar-refractivity contribution in [2.75, 3.05) is 19.8 Å². The average molecular weight is 280 g/mol. The van der Waals surface area contributed by atoms with E-state index in [2.05, 4.69) is 30.2 Å². The van der Waals surface area contributed by atoms with Crippen LogP contribution in [0, 0.1) is 12.8 Å². The van der Waals surface area contributed by atoms with E-state index in [1.165, 1.54) is 5.56 Å². The Kier molecular flexibility index (Phi) is 7.55. The van der Waals surface area contributed by atoms with Crippen LogP contribution in [0.2, 0.25) is 0 Å². The number of aromatic nitrogens is 1. The van der Waals surface area contributed by atoms with Crippen LogP contribution in [-0.4, -0.2) is 30.8 Å². The van der Waals surface area contributed by atoms with Gasteiger partial charge in [0.05, 0.1) is 12.7 Å². The van der Waals surface area contributed by atoms with Crippen molar-refractivity contribution in [3.63, 3.8) is 0 Å². The predicted molar refractivity (Wildman–Crippen MR) is 82.1 cm³/mol. The number of hydrogen-bond acceptors (Lipinski definition) is 4. The van der Waals surface area contributed by atoms with Crippen molar-refractivity contribution in [3.8, 4) is 5.88 Å². The van der Waals surface area contributed by atoms with E-state index in [0.29, 0.717) is 25.0 Å². The van der Waals surface area contributed by atoms with Gasteiger partial charge in [0.15, 0.2) is 0 Å². The maximum atomic E-state index is 5.58. The summed E-state index contributed by atoms with van der Waals surface area (Å²) in [6.45, 7) is 13.5. The first kappa shape index (κ1) is 16.9. The zero-order valence-electron chi connectivity index (χ0n) is 13.4. The molecule has 0 atom stereocenters. The summed E-state index contributed by atoms with van der Waals surface area (Å²) in [5.41, 5.74) is 2.24. The standard InChI is InChI=1S/C16H28N2O2/c1-12(2)10-17-11-15-6-7-16(18-14(15)5)20-9-8-19-13(3)4/h6-7,12-13,17H,8-11H2,1-5H3. The van der Waals surface area contributed by atoms with Gasteiger partial charge in [0.25, 0.3) is 0 Å². The first-order chi connectivity index (χ1) is 9.49. The number of aryl methyl sites for hydroxylation is 1. The Hall–Kier alpha value is -1.13. The molecule has 1 heterocycles. The van der Waals surface area contributed by atoms with Crippen LogP contribution in [0.4, 0.5) is 0 Å². The minimum Gasteiger partial charge on any atom is -0.475 e. The van der Waals surface area contributed by atoms with Crippen LogP contribution in [0.3, 0.4) is 0 Å². The molecule has 0 fully saturated rings. The van der Waals surface area contributed by atoms with E-state index in [1.807, 2.05) is 26.8 Å². The Balaban J connectivity index is 2.38. The Labute approximate surface area is 122 Å². The lowest BCUT2D eigenvalue weighted by Crippen LogP contribution is -2.19. The second-order valence-corrected chi connectivity index (χ2v) is 5.69. The topological polar surface area (TPSA) is 43.4 Å². The van der Waals surface area contributed by atoms with Gasteiger partial charge in [-0.1, -0.05) is 19.9 Å². The molecule has 4 nitrogen and oxygen atoms in total. The lowest BCUT2D eigenvalue weighted by Gasteiger charge is -2.12. The van der Waals surface area contributed by atoms with E-state index < -0.39 is 0 Å². The Morgan fingerprint density at radius 1 is 1.15 bits per heavy atom. The first-order valence-electron chi connectivity index (χ1n) is 7.40. The summed E-state index contributed by atoms with van der Waals surface area (Å²) >= 11 is 0. The third-order valence-electron chi connectivity index (χ3n) is 2.82. The van der Waals surface area contributed by atoms with Gasteiger partial charge in [-0.05, 0) is 38.8 Å². The molecule has 1 aromatic rings. The molecule has 0 aliphatic heterocycles. The van der Waals surface area contributed by atoms with Crippen molar-refractivity contribution in [1.29, 1.82) is 0 Å². The van der Waals surface area contributed by atoms with Crippen molar-refractivity contribution in [2.24, 2.45) is 5.92 Å². The molecule has 1 rings (SSSR count). The van der Waals surface area contributed by atoms with Crippen LogP contribution in [0.5, 0.6) is 5.88 Å². The number of pyridine rings is 1. The highest BCUT2D eigenvalue weighted by Gasteiger charge is 2.03. The summed E-state index contributed by atoms with van der Waals surface area (Å²) in [5.74, 6) is 1.33. The highest BCUT2D eigenvalue weighted by atomic mass is 16.5. The third kappa shape index (κ3) is 6.87. The maximum absolute atomic E-state index is 5.58. The first-order valence-corrected chi connectivity index (χ1v) is 7.40. The van der Waals surface area contributed by atoms with E-state index in [1.54, 1.807) is 0 Å². The molecular weight excluding hydrogens is 252 g/mol. The van der Waals surface area contributed by atoms with Gasteiger partial charge >= 0.3 is 0 Å². The molecule has 0 saturated heterocycles. The molecule has 4 heteroatoms. The zero-order chi connectivity index (χ0) is 15.0. The largest absolute Gasteiger partial charge is 0.475 e. The van der Waals surface area contributed by atoms with Gasteiger partial charge in [-0.25, -0.2) is 4.98 Å². The van der Waals surface area contributed by atoms with Gasteiger partial charge in [-0.2, -0.15) is 0 Å². The Morgan fingerprint density at radius 3 is 2.50 bits per heavy atom. The molecule has 0 saturated carbocycles. The molecule has 0 radical (unpaired) electrons. The van der Waals surface area contributed by atoms with Crippen LogP contribution in [0.15, 0.2) is 12.1 Å². The maximum Gasteiger partial charge on any atom is 0.213 e. The summed E-state index contributed by atoms with van der Waals surface area (Å²) < 4.78 is 11.0. The summed E-state index contributed by atoms with van der Waals surface area (Å²) in [5, 5.41) is 3.43. The van der Waals surface area contributed by atoms with Gasteiger partial charge in [0.2, 0.25) is 5.88 Å². The third-order valence-corrected chi connectivity index (χ3v) is 2.82. The van der Waals surface area contributed by atoms with Crippen LogP contribution in [-0.2, 0) is 11.3 Å². The van der Waals surface area contributed by atoms with Crippen LogP contribution < -0.4 is 10.1 Å². The number of nitrogens with one attached hydrogen (secondary N) is 1. The SMILES string of the molecule is Cc1nc(OCCOC(C)C)ccc1CNCC(C)C. The van der Waals surface area contributed by atoms with Gasteiger partial charge in [0, 0.05) is 18.3 Å². The second-order valence-electron chi connectivity index (χ2n) is 5.69. The summed E-state index contributed by atoms with van der Waals surface area (Å²) in [4.78, 5) is 4.47. The fraction of sp³-hybridized carbons (Fsp3) is 0.688. The normalized spacial score (nSPS) is 11.3. The second kappa shape index (κ2) is 8.93. The molecule has 20 heavy (non-hydrogen) atoms. The highest BCUT2D eigenvalue weighted by Crippen LogP contribution is 2.12. The molecule has 0 bridgehead atoms. The van der Waals surface area contributed by atoms with E-state index >= 15 is 0 Å². The lowest BCUT2D eigenvalue weighted by atomic mass is 10.2. The van der Waals surface area contributed by atoms with E-state index in [9.17, 15) is 0 Å². The molecule has 0 amide bonds. The molecular formula is C16H28N2O2. The molecule has 0 spiro atoms. The highest BCUT2D eigenvalue weighted by molar-refractivity contribution is 5.24. The van der Waals surface area contributed by atoms with Crippen molar-refractivity contribution in [2.45, 2.75) is 47.3 Å². The number of rotatable bonds is 9. The summed E-state index contributed by atoms with van der Waals surface area (Å²) in [6.07, 6.45) is 0.239. The molecule has 0 aromatic carbocycles. The number of ether oxygens (including phenoxy) is 2. The van der Waals surface area contributed by atoms with Crippen LogP contribution >= 0.6 is 0 Å². The van der Waals surface area contributed by atoms with E-state index in [0.717, 1.165) is 18.8 Å². The van der Waals surface area contributed by atoms with Crippen molar-refractivity contribution < 1.29 is 9.47 Å². The molecule has 1 aromatic heterocycles. The summed E-state index contributed by atoms with van der Waals surface area (Å²) in [7, 11) is 0. The zero-order valence-corrected chi connectivity index (χ0v) is 13.4. The van der Waals surface area contributed by atoms with E-state index in [-0.39, 0.29) is 6.10 Å². The van der Waals surface area contributed by atoms with Gasteiger partial charge in [-0.15, -0.1) is 0 Å². The molecule has 114 valence electrons. The summed E-state index contributed by atoms with van der Waals surface area (Å²) in [6, 6.07) is 4.00. The lowest BCUT2D eigenvalue weighted by molar-refractivity contribution is 0.0542. The fourth-order valence-corrected chi connectivity index (χ4v) is 1.76. The van der Waals surface area contributed by atoms with Gasteiger partial charge < -0.3 is 14.8 Å². The number of hydrogen-bond donors (Lipinski definition) is 1. The average Bonchev–Trinajstić information content (AvgIpc) is 2.36.